The van der Waals surface area contributed by atoms with E-state index >= 15 is 0 Å². The number of nitrogens with one attached hydrogen (secondary N) is 1. The van der Waals surface area contributed by atoms with Crippen molar-refractivity contribution in [3.8, 4) is 11.3 Å². The predicted octanol–water partition coefficient (Wildman–Crippen LogP) is 3.76. The molecule has 3 N–H and O–H groups in total. The molecule has 0 aliphatic rings. The molecule has 0 fully saturated rings. The molecule has 0 radical (unpaired) electrons. The molecule has 0 unspecified atom stereocenters. The Hall–Kier alpha value is -3.91. The van der Waals surface area contributed by atoms with Gasteiger partial charge in [0.05, 0.1) is 17.3 Å². The Morgan fingerprint density at radius 1 is 0.931 bits per heavy atom. The zero-order valence-electron chi connectivity index (χ0n) is 14.6. The molecule has 1 aromatic heterocycles. The summed E-state index contributed by atoms with van der Waals surface area (Å²) in [5.74, 6) is -2.46. The number of rotatable bonds is 6. The van der Waals surface area contributed by atoms with Gasteiger partial charge in [0.25, 0.3) is 5.91 Å². The van der Waals surface area contributed by atoms with E-state index in [1.54, 1.807) is 18.2 Å². The van der Waals surface area contributed by atoms with E-state index in [0.29, 0.717) is 10.6 Å². The Morgan fingerprint density at radius 3 is 2.24 bits per heavy atom. The van der Waals surface area contributed by atoms with E-state index < -0.39 is 17.8 Å². The third-order valence-electron chi connectivity index (χ3n) is 3.78. The fourth-order valence-corrected chi connectivity index (χ4v) is 2.63. The van der Waals surface area contributed by atoms with Crippen LogP contribution in [0.1, 0.15) is 36.8 Å². The zero-order chi connectivity index (χ0) is 21.0. The number of aromatic carboxylic acids is 2. The fourth-order valence-electron chi connectivity index (χ4n) is 2.44. The summed E-state index contributed by atoms with van der Waals surface area (Å²) in [6.07, 6.45) is 1.26. The number of nitrogens with zero attached hydrogens (tertiary/aromatic N) is 1. The molecule has 1 heterocycles. The second-order valence-corrected chi connectivity index (χ2v) is 6.26. The molecule has 0 saturated carbocycles. The standard InChI is InChI=1S/C20H13ClN2O6/c21-15-3-1-2-11(9-15)18(24)23-22-10-16-4-5-17(29-16)12-6-13(19(25)26)8-14(7-12)20(27)28/h1-10H,(H,23,24)(H,25,26)(H,27,28)/b22-10-. The maximum Gasteiger partial charge on any atom is 0.335 e. The minimum Gasteiger partial charge on any atom is -0.478 e. The molecular formula is C20H13ClN2O6. The third kappa shape index (κ3) is 4.88. The first kappa shape index (κ1) is 19.8. The van der Waals surface area contributed by atoms with Gasteiger partial charge in [0, 0.05) is 16.1 Å². The maximum absolute atomic E-state index is 12.0. The number of carbonyl (C=O) groups excluding carboxylic acids is 1. The van der Waals surface area contributed by atoms with Crippen LogP contribution < -0.4 is 5.43 Å². The van der Waals surface area contributed by atoms with Gasteiger partial charge in [-0.3, -0.25) is 4.79 Å². The predicted molar refractivity (Wildman–Crippen MR) is 105 cm³/mol. The van der Waals surface area contributed by atoms with Gasteiger partial charge in [0.2, 0.25) is 0 Å². The molecule has 0 spiro atoms. The number of hydrogen-bond acceptors (Lipinski definition) is 5. The molecule has 8 nitrogen and oxygen atoms in total. The maximum atomic E-state index is 12.0. The van der Waals surface area contributed by atoms with Gasteiger partial charge in [0.1, 0.15) is 11.5 Å². The average molecular weight is 413 g/mol. The lowest BCUT2D eigenvalue weighted by Gasteiger charge is -2.03. The normalized spacial score (nSPS) is 10.8. The molecule has 3 aromatic rings. The number of amides is 1. The Bertz CT molecular complexity index is 1100. The number of carboxylic acid groups (broad SMARTS) is 2. The van der Waals surface area contributed by atoms with E-state index in [9.17, 15) is 14.4 Å². The minimum atomic E-state index is -1.26. The average Bonchev–Trinajstić information content (AvgIpc) is 3.16. The van der Waals surface area contributed by atoms with Crippen LogP contribution in [0, 0.1) is 0 Å². The molecule has 0 bridgehead atoms. The number of carbonyl (C=O) groups is 3. The SMILES string of the molecule is O=C(O)c1cc(C(=O)O)cc(-c2ccc(/C=N\NC(=O)c3cccc(Cl)c3)o2)c1. The van der Waals surface area contributed by atoms with Crippen LogP contribution in [0.25, 0.3) is 11.3 Å². The van der Waals surface area contributed by atoms with Gasteiger partial charge in [-0.2, -0.15) is 5.10 Å². The molecule has 0 aliphatic heterocycles. The first-order valence-corrected chi connectivity index (χ1v) is 8.52. The number of carboxylic acids is 2. The largest absolute Gasteiger partial charge is 0.478 e. The smallest absolute Gasteiger partial charge is 0.335 e. The monoisotopic (exact) mass is 412 g/mol. The summed E-state index contributed by atoms with van der Waals surface area (Å²) in [6.45, 7) is 0. The van der Waals surface area contributed by atoms with Crippen molar-refractivity contribution < 1.29 is 29.0 Å². The number of furan rings is 1. The van der Waals surface area contributed by atoms with E-state index in [4.69, 9.17) is 26.2 Å². The molecule has 146 valence electrons. The highest BCUT2D eigenvalue weighted by Gasteiger charge is 2.14. The van der Waals surface area contributed by atoms with Gasteiger partial charge in [-0.05, 0) is 48.5 Å². The van der Waals surface area contributed by atoms with Crippen molar-refractivity contribution in [2.24, 2.45) is 5.10 Å². The molecular weight excluding hydrogens is 400 g/mol. The Balaban J connectivity index is 1.77. The van der Waals surface area contributed by atoms with Crippen LogP contribution in [0.15, 0.2) is 64.1 Å². The Labute approximate surface area is 169 Å². The van der Waals surface area contributed by atoms with Crippen molar-refractivity contribution in [1.82, 2.24) is 5.43 Å². The van der Waals surface area contributed by atoms with Gasteiger partial charge in [-0.15, -0.1) is 0 Å². The van der Waals surface area contributed by atoms with Crippen molar-refractivity contribution in [1.29, 1.82) is 0 Å². The van der Waals surface area contributed by atoms with Crippen molar-refractivity contribution in [2.45, 2.75) is 0 Å². The van der Waals surface area contributed by atoms with Crippen LogP contribution in [-0.2, 0) is 0 Å². The van der Waals surface area contributed by atoms with E-state index in [-0.39, 0.29) is 28.2 Å². The first-order chi connectivity index (χ1) is 13.8. The molecule has 3 rings (SSSR count). The molecule has 0 atom stereocenters. The highest BCUT2D eigenvalue weighted by atomic mass is 35.5. The summed E-state index contributed by atoms with van der Waals surface area (Å²) in [6, 6.07) is 13.1. The van der Waals surface area contributed by atoms with E-state index in [1.165, 1.54) is 36.5 Å². The summed E-state index contributed by atoms with van der Waals surface area (Å²) in [5.41, 5.74) is 2.58. The minimum absolute atomic E-state index is 0.180. The lowest BCUT2D eigenvalue weighted by atomic mass is 10.0. The second kappa shape index (κ2) is 8.41. The summed E-state index contributed by atoms with van der Waals surface area (Å²) in [4.78, 5) is 34.4. The highest BCUT2D eigenvalue weighted by Crippen LogP contribution is 2.24. The number of benzene rings is 2. The van der Waals surface area contributed by atoms with Crippen LogP contribution in [0.4, 0.5) is 0 Å². The Kier molecular flexibility index (Phi) is 5.75. The quantitative estimate of drug-likeness (QED) is 0.417. The van der Waals surface area contributed by atoms with Crippen molar-refractivity contribution in [2.75, 3.05) is 0 Å². The van der Waals surface area contributed by atoms with Gasteiger partial charge in [-0.1, -0.05) is 17.7 Å². The highest BCUT2D eigenvalue weighted by molar-refractivity contribution is 6.30. The molecule has 0 aliphatic carbocycles. The summed E-state index contributed by atoms with van der Waals surface area (Å²) in [5, 5.41) is 22.5. The van der Waals surface area contributed by atoms with E-state index in [0.717, 1.165) is 6.07 Å². The Morgan fingerprint density at radius 2 is 1.62 bits per heavy atom. The molecule has 2 aromatic carbocycles. The van der Waals surface area contributed by atoms with Crippen molar-refractivity contribution >= 4 is 35.7 Å². The summed E-state index contributed by atoms with van der Waals surface area (Å²) >= 11 is 5.83. The summed E-state index contributed by atoms with van der Waals surface area (Å²) < 4.78 is 5.54. The summed E-state index contributed by atoms with van der Waals surface area (Å²) in [7, 11) is 0. The second-order valence-electron chi connectivity index (χ2n) is 5.82. The lowest BCUT2D eigenvalue weighted by molar-refractivity contribution is 0.0696. The number of halogens is 1. The topological polar surface area (TPSA) is 129 Å². The van der Waals surface area contributed by atoms with Gasteiger partial charge in [0.15, 0.2) is 0 Å². The molecule has 9 heteroatoms. The van der Waals surface area contributed by atoms with Gasteiger partial charge in [-0.25, -0.2) is 15.0 Å². The van der Waals surface area contributed by atoms with Crippen LogP contribution in [-0.4, -0.2) is 34.3 Å². The fraction of sp³-hybridized carbons (Fsp3) is 0. The first-order valence-electron chi connectivity index (χ1n) is 8.14. The molecule has 0 saturated heterocycles. The van der Waals surface area contributed by atoms with Gasteiger partial charge >= 0.3 is 11.9 Å². The van der Waals surface area contributed by atoms with E-state index in [2.05, 4.69) is 10.5 Å². The number of hydrazone groups is 1. The van der Waals surface area contributed by atoms with E-state index in [1.807, 2.05) is 0 Å². The lowest BCUT2D eigenvalue weighted by Crippen LogP contribution is -2.17. The van der Waals surface area contributed by atoms with Crippen molar-refractivity contribution in [3.63, 3.8) is 0 Å². The van der Waals surface area contributed by atoms with Crippen LogP contribution in [0.3, 0.4) is 0 Å². The molecule has 1 amide bonds. The zero-order valence-corrected chi connectivity index (χ0v) is 15.4. The van der Waals surface area contributed by atoms with Crippen LogP contribution >= 0.6 is 11.6 Å². The third-order valence-corrected chi connectivity index (χ3v) is 4.02. The van der Waals surface area contributed by atoms with Crippen LogP contribution in [0.5, 0.6) is 0 Å². The van der Waals surface area contributed by atoms with Crippen LogP contribution in [0.2, 0.25) is 5.02 Å². The molecule has 29 heavy (non-hydrogen) atoms. The number of hydrogen-bond donors (Lipinski definition) is 3. The van der Waals surface area contributed by atoms with Gasteiger partial charge < -0.3 is 14.6 Å². The van der Waals surface area contributed by atoms with Crippen molar-refractivity contribution in [3.05, 3.63) is 82.1 Å².